The van der Waals surface area contributed by atoms with Crippen molar-refractivity contribution in [2.24, 2.45) is 0 Å². The predicted molar refractivity (Wildman–Crippen MR) is 97.7 cm³/mol. The van der Waals surface area contributed by atoms with Crippen molar-refractivity contribution in [2.45, 2.75) is 9.79 Å². The van der Waals surface area contributed by atoms with Gasteiger partial charge in [0.1, 0.15) is 6.26 Å². The van der Waals surface area contributed by atoms with Gasteiger partial charge >= 0.3 is 0 Å². The summed E-state index contributed by atoms with van der Waals surface area (Å²) in [6, 6.07) is 30.6. The molecule has 0 saturated heterocycles. The van der Waals surface area contributed by atoms with Crippen LogP contribution in [-0.4, -0.2) is 6.26 Å². The van der Waals surface area contributed by atoms with Gasteiger partial charge in [0.15, 0.2) is 9.79 Å². The van der Waals surface area contributed by atoms with Crippen LogP contribution in [0.15, 0.2) is 94.7 Å². The van der Waals surface area contributed by atoms with E-state index < -0.39 is 0 Å². The van der Waals surface area contributed by atoms with Gasteiger partial charge in [0.05, 0.1) is 10.9 Å². The fourth-order valence-electron chi connectivity index (χ4n) is 3.04. The smallest absolute Gasteiger partial charge is 0.0616 e. The van der Waals surface area contributed by atoms with Crippen molar-refractivity contribution < 1.29 is 0 Å². The Morgan fingerprint density at radius 1 is 0.500 bits per heavy atom. The monoisotopic (exact) mass is 301 g/mol. The van der Waals surface area contributed by atoms with E-state index in [9.17, 15) is 0 Å². The van der Waals surface area contributed by atoms with Crippen LogP contribution in [0.4, 0.5) is 0 Å². The molecule has 0 N–H and O–H groups in total. The van der Waals surface area contributed by atoms with Gasteiger partial charge in [-0.05, 0) is 35.0 Å². The van der Waals surface area contributed by atoms with Crippen molar-refractivity contribution >= 4 is 32.4 Å². The third kappa shape index (κ3) is 2.18. The van der Waals surface area contributed by atoms with Gasteiger partial charge in [0.25, 0.3) is 0 Å². The maximum absolute atomic E-state index is 2.34. The number of benzene rings is 4. The molecule has 4 aromatic rings. The molecule has 0 aliphatic rings. The second-order valence-corrected chi connectivity index (χ2v) is 7.37. The molecule has 0 unspecified atom stereocenters. The Balaban J connectivity index is 1.94. The molecular formula is C21H17S+. The van der Waals surface area contributed by atoms with Gasteiger partial charge in [-0.2, -0.15) is 0 Å². The van der Waals surface area contributed by atoms with Gasteiger partial charge in [0, 0.05) is 10.8 Å². The molecule has 4 rings (SSSR count). The molecule has 1 heteroatoms. The second-order valence-electron chi connectivity index (χ2n) is 5.46. The first-order chi connectivity index (χ1) is 10.8. The van der Waals surface area contributed by atoms with E-state index in [1.54, 1.807) is 0 Å². The average molecular weight is 301 g/mol. The molecule has 0 bridgehead atoms. The van der Waals surface area contributed by atoms with Crippen LogP contribution in [-0.2, 0) is 10.9 Å². The highest BCUT2D eigenvalue weighted by atomic mass is 32.2. The molecular weight excluding hydrogens is 284 g/mol. The van der Waals surface area contributed by atoms with Crippen LogP contribution >= 0.6 is 0 Å². The lowest BCUT2D eigenvalue weighted by molar-refractivity contribution is 1.46. The number of fused-ring (bicyclic) bond motifs is 2. The van der Waals surface area contributed by atoms with Crippen LogP contribution in [0.3, 0.4) is 0 Å². The zero-order valence-electron chi connectivity index (χ0n) is 12.5. The van der Waals surface area contributed by atoms with E-state index in [1.807, 2.05) is 0 Å². The predicted octanol–water partition coefficient (Wildman–Crippen LogP) is 5.66. The van der Waals surface area contributed by atoms with Crippen LogP contribution in [0.2, 0.25) is 0 Å². The van der Waals surface area contributed by atoms with Crippen LogP contribution < -0.4 is 0 Å². The second kappa shape index (κ2) is 5.51. The molecule has 0 saturated carbocycles. The van der Waals surface area contributed by atoms with E-state index in [2.05, 4.69) is 91.2 Å². The molecule has 0 fully saturated rings. The van der Waals surface area contributed by atoms with Gasteiger partial charge < -0.3 is 0 Å². The lowest BCUT2D eigenvalue weighted by atomic mass is 10.1. The maximum atomic E-state index is 2.34. The van der Waals surface area contributed by atoms with Crippen molar-refractivity contribution in [3.8, 4) is 0 Å². The fourth-order valence-corrected chi connectivity index (χ4v) is 4.88. The lowest BCUT2D eigenvalue weighted by Crippen LogP contribution is -2.02. The summed E-state index contributed by atoms with van der Waals surface area (Å²) < 4.78 is 0. The molecule has 22 heavy (non-hydrogen) atoms. The number of rotatable bonds is 2. The van der Waals surface area contributed by atoms with E-state index in [1.165, 1.54) is 31.3 Å². The van der Waals surface area contributed by atoms with Gasteiger partial charge in [0.2, 0.25) is 0 Å². The van der Waals surface area contributed by atoms with Crippen molar-refractivity contribution in [3.63, 3.8) is 0 Å². The zero-order chi connectivity index (χ0) is 14.9. The number of hydrogen-bond donors (Lipinski definition) is 0. The quantitative estimate of drug-likeness (QED) is 0.419. The SMILES string of the molecule is C[S+](c1cccc2ccccc12)c1cccc2ccccc12. The molecule has 0 aliphatic carbocycles. The van der Waals surface area contributed by atoms with Crippen molar-refractivity contribution in [1.82, 2.24) is 0 Å². The minimum Gasteiger partial charge on any atom is -0.0616 e. The first-order valence-electron chi connectivity index (χ1n) is 7.46. The van der Waals surface area contributed by atoms with E-state index in [4.69, 9.17) is 0 Å². The molecule has 0 aromatic heterocycles. The first kappa shape index (κ1) is 13.4. The third-order valence-corrected chi connectivity index (χ3v) is 6.19. The summed E-state index contributed by atoms with van der Waals surface area (Å²) >= 11 is 0. The van der Waals surface area contributed by atoms with E-state index >= 15 is 0 Å². The molecule has 0 spiro atoms. The molecule has 0 atom stereocenters. The maximum Gasteiger partial charge on any atom is 0.168 e. The average Bonchev–Trinajstić information content (AvgIpc) is 2.60. The lowest BCUT2D eigenvalue weighted by Gasteiger charge is -2.08. The topological polar surface area (TPSA) is 0 Å². The Kier molecular flexibility index (Phi) is 3.36. The van der Waals surface area contributed by atoms with Crippen molar-refractivity contribution in [2.75, 3.05) is 6.26 Å². The summed E-state index contributed by atoms with van der Waals surface area (Å²) in [5.41, 5.74) is 0. The fraction of sp³-hybridized carbons (Fsp3) is 0.0476. The third-order valence-electron chi connectivity index (χ3n) is 4.16. The minimum atomic E-state index is 0.0541. The normalized spacial score (nSPS) is 11.4. The van der Waals surface area contributed by atoms with Gasteiger partial charge in [-0.25, -0.2) is 0 Å². The molecule has 106 valence electrons. The first-order valence-corrected chi connectivity index (χ1v) is 9.09. The van der Waals surface area contributed by atoms with Crippen LogP contribution in [0.1, 0.15) is 0 Å². The van der Waals surface area contributed by atoms with E-state index in [-0.39, 0.29) is 10.9 Å². The van der Waals surface area contributed by atoms with Crippen LogP contribution in [0, 0.1) is 0 Å². The Morgan fingerprint density at radius 3 is 1.41 bits per heavy atom. The summed E-state index contributed by atoms with van der Waals surface area (Å²) in [6.45, 7) is 0. The Morgan fingerprint density at radius 2 is 0.909 bits per heavy atom. The highest BCUT2D eigenvalue weighted by Gasteiger charge is 2.23. The highest BCUT2D eigenvalue weighted by molar-refractivity contribution is 7.96. The standard InChI is InChI=1S/C21H17S/c1-22(20-14-6-10-16-8-2-4-12-18(16)20)21-15-7-11-17-9-3-5-13-19(17)21/h2-15H,1H3/q+1. The summed E-state index contributed by atoms with van der Waals surface area (Å²) in [5.74, 6) is 0. The van der Waals surface area contributed by atoms with Gasteiger partial charge in [-0.1, -0.05) is 60.7 Å². The highest BCUT2D eigenvalue weighted by Crippen LogP contribution is 2.32. The van der Waals surface area contributed by atoms with Crippen LogP contribution in [0.5, 0.6) is 0 Å². The minimum absolute atomic E-state index is 0.0541. The molecule has 0 radical (unpaired) electrons. The summed E-state index contributed by atoms with van der Waals surface area (Å²) in [7, 11) is 0.0541. The largest absolute Gasteiger partial charge is 0.168 e. The number of hydrogen-bond acceptors (Lipinski definition) is 0. The van der Waals surface area contributed by atoms with Gasteiger partial charge in [-0.3, -0.25) is 0 Å². The van der Waals surface area contributed by atoms with Crippen molar-refractivity contribution in [1.29, 1.82) is 0 Å². The Labute approximate surface area is 133 Å². The molecule has 0 aliphatic heterocycles. The van der Waals surface area contributed by atoms with E-state index in [0.29, 0.717) is 0 Å². The molecule has 4 aromatic carbocycles. The van der Waals surface area contributed by atoms with Crippen LogP contribution in [0.25, 0.3) is 21.5 Å². The summed E-state index contributed by atoms with van der Waals surface area (Å²) in [4.78, 5) is 2.85. The molecule has 0 heterocycles. The van der Waals surface area contributed by atoms with Crippen molar-refractivity contribution in [3.05, 3.63) is 84.9 Å². The van der Waals surface area contributed by atoms with Gasteiger partial charge in [-0.15, -0.1) is 0 Å². The molecule has 0 amide bonds. The van der Waals surface area contributed by atoms with E-state index in [0.717, 1.165) is 0 Å². The zero-order valence-corrected chi connectivity index (χ0v) is 13.3. The summed E-state index contributed by atoms with van der Waals surface area (Å²) in [5, 5.41) is 5.37. The molecule has 0 nitrogen and oxygen atoms in total. The Hall–Kier alpha value is -2.25. The Bertz CT molecular complexity index is 866. The summed E-state index contributed by atoms with van der Waals surface area (Å²) in [6.07, 6.45) is 2.34.